The Hall–Kier alpha value is -1.30. The highest BCUT2D eigenvalue weighted by atomic mass is 16.2. The predicted molar refractivity (Wildman–Crippen MR) is 75.0 cm³/mol. The Balaban J connectivity index is 2.50. The molecule has 1 rings (SSSR count). The fraction of sp³-hybridized carbons (Fsp3) is 0.846. The second kappa shape index (κ2) is 7.99. The molecule has 0 saturated heterocycles. The topological polar surface area (TPSA) is 82.3 Å². The highest BCUT2D eigenvalue weighted by Crippen LogP contribution is 2.29. The van der Waals surface area contributed by atoms with Gasteiger partial charge in [0.25, 0.3) is 0 Å². The van der Waals surface area contributed by atoms with Crippen molar-refractivity contribution in [1.29, 1.82) is 0 Å². The monoisotopic (exact) mass is 270 g/mol. The molecule has 110 valence electrons. The van der Waals surface area contributed by atoms with E-state index < -0.39 is 5.54 Å². The normalized spacial score (nSPS) is 16.9. The number of carbonyl (C=O) groups is 2. The van der Waals surface area contributed by atoms with E-state index in [1.807, 2.05) is 14.0 Å². The lowest BCUT2D eigenvalue weighted by molar-refractivity contribution is -0.127. The van der Waals surface area contributed by atoms with Crippen molar-refractivity contribution in [2.75, 3.05) is 26.7 Å². The Morgan fingerprint density at radius 3 is 2.37 bits per heavy atom. The first-order valence-electron chi connectivity index (χ1n) is 7.13. The molecule has 0 aromatic carbocycles. The Labute approximate surface area is 115 Å². The molecule has 19 heavy (non-hydrogen) atoms. The molecule has 0 unspecified atom stereocenters. The SMILES string of the molecule is CCNC(=O)NC1(C(=O)NCCCNC)CCCC1. The highest BCUT2D eigenvalue weighted by Gasteiger charge is 2.42. The third-order valence-corrected chi connectivity index (χ3v) is 3.47. The van der Waals surface area contributed by atoms with Crippen LogP contribution in [0.15, 0.2) is 0 Å². The maximum absolute atomic E-state index is 12.3. The van der Waals surface area contributed by atoms with Gasteiger partial charge in [-0.05, 0) is 39.8 Å². The molecule has 0 spiro atoms. The minimum atomic E-state index is -0.709. The van der Waals surface area contributed by atoms with E-state index in [4.69, 9.17) is 0 Å². The summed E-state index contributed by atoms with van der Waals surface area (Å²) >= 11 is 0. The van der Waals surface area contributed by atoms with Gasteiger partial charge in [0.05, 0.1) is 0 Å². The second-order valence-corrected chi connectivity index (χ2v) is 4.99. The molecule has 0 radical (unpaired) electrons. The van der Waals surface area contributed by atoms with Crippen molar-refractivity contribution < 1.29 is 9.59 Å². The van der Waals surface area contributed by atoms with Crippen molar-refractivity contribution in [3.8, 4) is 0 Å². The Kier molecular flexibility index (Phi) is 6.62. The average molecular weight is 270 g/mol. The number of amides is 3. The zero-order chi connectivity index (χ0) is 14.1. The van der Waals surface area contributed by atoms with Gasteiger partial charge in [-0.15, -0.1) is 0 Å². The Bertz CT molecular complexity index is 301. The maximum atomic E-state index is 12.3. The summed E-state index contributed by atoms with van der Waals surface area (Å²) in [5, 5.41) is 11.5. The molecule has 1 aliphatic carbocycles. The largest absolute Gasteiger partial charge is 0.354 e. The lowest BCUT2D eigenvalue weighted by Gasteiger charge is -2.29. The summed E-state index contributed by atoms with van der Waals surface area (Å²) < 4.78 is 0. The van der Waals surface area contributed by atoms with Crippen LogP contribution in [0.25, 0.3) is 0 Å². The van der Waals surface area contributed by atoms with E-state index in [1.165, 1.54) is 0 Å². The third kappa shape index (κ3) is 4.70. The van der Waals surface area contributed by atoms with Crippen molar-refractivity contribution >= 4 is 11.9 Å². The fourth-order valence-electron chi connectivity index (χ4n) is 2.45. The summed E-state index contributed by atoms with van der Waals surface area (Å²) in [5.74, 6) is -0.0487. The lowest BCUT2D eigenvalue weighted by atomic mass is 9.96. The zero-order valence-electron chi connectivity index (χ0n) is 12.0. The van der Waals surface area contributed by atoms with Crippen LogP contribution in [0.4, 0.5) is 4.79 Å². The van der Waals surface area contributed by atoms with Crippen molar-refractivity contribution in [1.82, 2.24) is 21.3 Å². The number of hydrogen-bond acceptors (Lipinski definition) is 3. The molecule has 3 amide bonds. The van der Waals surface area contributed by atoms with Crippen molar-refractivity contribution in [2.24, 2.45) is 0 Å². The second-order valence-electron chi connectivity index (χ2n) is 4.99. The van der Waals surface area contributed by atoms with Crippen LogP contribution < -0.4 is 21.3 Å². The first kappa shape index (κ1) is 15.8. The van der Waals surface area contributed by atoms with Crippen LogP contribution in [-0.2, 0) is 4.79 Å². The first-order chi connectivity index (χ1) is 9.14. The van der Waals surface area contributed by atoms with Gasteiger partial charge in [0.15, 0.2) is 0 Å². The van der Waals surface area contributed by atoms with E-state index in [1.54, 1.807) is 0 Å². The van der Waals surface area contributed by atoms with Crippen molar-refractivity contribution in [3.05, 3.63) is 0 Å². The van der Waals surface area contributed by atoms with Crippen LogP contribution >= 0.6 is 0 Å². The standard InChI is InChI=1S/C13H26N4O2/c1-3-15-12(19)17-13(7-4-5-8-13)11(18)16-10-6-9-14-2/h14H,3-10H2,1-2H3,(H,16,18)(H2,15,17,19). The zero-order valence-corrected chi connectivity index (χ0v) is 12.0. The molecule has 0 aromatic heterocycles. The van der Waals surface area contributed by atoms with Gasteiger partial charge in [-0.25, -0.2) is 4.79 Å². The predicted octanol–water partition coefficient (Wildman–Crippen LogP) is 0.344. The van der Waals surface area contributed by atoms with E-state index >= 15 is 0 Å². The van der Waals surface area contributed by atoms with E-state index in [0.717, 1.165) is 38.6 Å². The molecule has 1 aliphatic rings. The lowest BCUT2D eigenvalue weighted by Crippen LogP contribution is -2.59. The van der Waals surface area contributed by atoms with Crippen LogP contribution in [0.1, 0.15) is 39.0 Å². The Morgan fingerprint density at radius 2 is 1.79 bits per heavy atom. The number of hydrogen-bond donors (Lipinski definition) is 4. The van der Waals surface area contributed by atoms with Crippen LogP contribution in [-0.4, -0.2) is 44.2 Å². The number of rotatable bonds is 7. The quantitative estimate of drug-likeness (QED) is 0.504. The molecular formula is C13H26N4O2. The van der Waals surface area contributed by atoms with Gasteiger partial charge >= 0.3 is 6.03 Å². The van der Waals surface area contributed by atoms with Gasteiger partial charge in [0, 0.05) is 13.1 Å². The average Bonchev–Trinajstić information content (AvgIpc) is 2.84. The number of urea groups is 1. The molecule has 0 atom stereocenters. The van der Waals surface area contributed by atoms with Crippen LogP contribution in [0.2, 0.25) is 0 Å². The van der Waals surface area contributed by atoms with E-state index in [-0.39, 0.29) is 11.9 Å². The van der Waals surface area contributed by atoms with Crippen LogP contribution in [0, 0.1) is 0 Å². The summed E-state index contributed by atoms with van der Waals surface area (Å²) in [5.41, 5.74) is -0.709. The van der Waals surface area contributed by atoms with Crippen molar-refractivity contribution in [3.63, 3.8) is 0 Å². The summed E-state index contributed by atoms with van der Waals surface area (Å²) in [6, 6.07) is -0.255. The van der Waals surface area contributed by atoms with Gasteiger partial charge in [0.2, 0.25) is 5.91 Å². The highest BCUT2D eigenvalue weighted by molar-refractivity contribution is 5.91. The molecule has 1 fully saturated rings. The smallest absolute Gasteiger partial charge is 0.315 e. The molecule has 0 heterocycles. The third-order valence-electron chi connectivity index (χ3n) is 3.47. The Morgan fingerprint density at radius 1 is 1.11 bits per heavy atom. The minimum absolute atomic E-state index is 0.0487. The van der Waals surface area contributed by atoms with Crippen molar-refractivity contribution in [2.45, 2.75) is 44.6 Å². The molecule has 0 aliphatic heterocycles. The molecule has 0 aromatic rings. The van der Waals surface area contributed by atoms with E-state index in [2.05, 4.69) is 21.3 Å². The van der Waals surface area contributed by atoms with Crippen LogP contribution in [0.3, 0.4) is 0 Å². The fourth-order valence-corrected chi connectivity index (χ4v) is 2.45. The van der Waals surface area contributed by atoms with Gasteiger partial charge in [0.1, 0.15) is 5.54 Å². The first-order valence-corrected chi connectivity index (χ1v) is 7.13. The van der Waals surface area contributed by atoms with Gasteiger partial charge < -0.3 is 21.3 Å². The molecule has 1 saturated carbocycles. The summed E-state index contributed by atoms with van der Waals surface area (Å²) in [7, 11) is 1.89. The van der Waals surface area contributed by atoms with E-state index in [0.29, 0.717) is 13.1 Å². The van der Waals surface area contributed by atoms with Gasteiger partial charge in [-0.1, -0.05) is 12.8 Å². The summed E-state index contributed by atoms with van der Waals surface area (Å²) in [4.78, 5) is 24.0. The molecule has 0 bridgehead atoms. The minimum Gasteiger partial charge on any atom is -0.354 e. The van der Waals surface area contributed by atoms with E-state index in [9.17, 15) is 9.59 Å². The maximum Gasteiger partial charge on any atom is 0.315 e. The van der Waals surface area contributed by atoms with Gasteiger partial charge in [-0.2, -0.15) is 0 Å². The molecule has 6 heteroatoms. The molecule has 6 nitrogen and oxygen atoms in total. The summed E-state index contributed by atoms with van der Waals surface area (Å²) in [6.07, 6.45) is 4.30. The van der Waals surface area contributed by atoms with Gasteiger partial charge in [-0.3, -0.25) is 4.79 Å². The summed E-state index contributed by atoms with van der Waals surface area (Å²) in [6.45, 7) is 3.93. The van der Waals surface area contributed by atoms with Crippen LogP contribution in [0.5, 0.6) is 0 Å². The number of nitrogens with one attached hydrogen (secondary N) is 4. The molecular weight excluding hydrogens is 244 g/mol. The number of carbonyl (C=O) groups excluding carboxylic acids is 2. The molecule has 4 N–H and O–H groups in total.